The predicted molar refractivity (Wildman–Crippen MR) is 262 cm³/mol. The monoisotopic (exact) mass is 794 g/mol. The zero-order chi connectivity index (χ0) is 40.3. The molecule has 0 atom stereocenters. The highest BCUT2D eigenvalue weighted by Gasteiger charge is 2.23. The van der Waals surface area contributed by atoms with Gasteiger partial charge < -0.3 is 9.47 Å². The Balaban J connectivity index is 1.14. The summed E-state index contributed by atoms with van der Waals surface area (Å²) in [6, 6.07) is 84.2. The molecule has 0 amide bonds. The number of aromatic nitrogens is 1. The van der Waals surface area contributed by atoms with Crippen molar-refractivity contribution < 1.29 is 0 Å². The van der Waals surface area contributed by atoms with Gasteiger partial charge in [0.1, 0.15) is 0 Å². The molecule has 2 heterocycles. The SMILES string of the molecule is c1ccc(-c2cc(-c3ccccc3)c3c(c2)c2cc(N(c4ccccc4)c4cccc5c4sc4ccccc45)ccc2n3-c2ccc(-c3cccc4ccccc34)cc2)cc1. The fraction of sp³-hybridized carbons (Fsp3) is 0. The maximum atomic E-state index is 2.48. The van der Waals surface area contributed by atoms with Crippen LogP contribution in [0, 0.1) is 0 Å². The summed E-state index contributed by atoms with van der Waals surface area (Å²) in [4.78, 5) is 2.44. The van der Waals surface area contributed by atoms with E-state index in [2.05, 4.69) is 240 Å². The number of anilines is 3. The first-order chi connectivity index (χ1) is 30.3. The molecule has 3 heteroatoms. The van der Waals surface area contributed by atoms with E-state index in [4.69, 9.17) is 0 Å². The van der Waals surface area contributed by atoms with Crippen molar-refractivity contribution in [1.29, 1.82) is 0 Å². The summed E-state index contributed by atoms with van der Waals surface area (Å²) in [5.74, 6) is 0. The van der Waals surface area contributed by atoms with Gasteiger partial charge >= 0.3 is 0 Å². The van der Waals surface area contributed by atoms with Crippen molar-refractivity contribution in [3.8, 4) is 39.1 Å². The quantitative estimate of drug-likeness (QED) is 0.156. The lowest BCUT2D eigenvalue weighted by Gasteiger charge is -2.26. The van der Waals surface area contributed by atoms with Gasteiger partial charge in [0.05, 0.1) is 21.4 Å². The molecule has 0 saturated heterocycles. The van der Waals surface area contributed by atoms with Crippen molar-refractivity contribution in [2.24, 2.45) is 0 Å². The number of nitrogens with zero attached hydrogens (tertiary/aromatic N) is 2. The van der Waals surface area contributed by atoms with Gasteiger partial charge in [-0.25, -0.2) is 0 Å². The van der Waals surface area contributed by atoms with Crippen LogP contribution >= 0.6 is 11.3 Å². The van der Waals surface area contributed by atoms with E-state index in [0.717, 1.165) is 22.6 Å². The molecule has 12 aromatic rings. The van der Waals surface area contributed by atoms with Crippen LogP contribution < -0.4 is 4.90 Å². The molecule has 0 N–H and O–H groups in total. The number of benzene rings is 10. The summed E-state index contributed by atoms with van der Waals surface area (Å²) in [5.41, 5.74) is 14.1. The maximum Gasteiger partial charge on any atom is 0.0640 e. The molecule has 12 rings (SSSR count). The lowest BCUT2D eigenvalue weighted by atomic mass is 9.95. The van der Waals surface area contributed by atoms with E-state index < -0.39 is 0 Å². The molecule has 0 unspecified atom stereocenters. The zero-order valence-corrected chi connectivity index (χ0v) is 34.1. The number of fused-ring (bicyclic) bond motifs is 7. The number of hydrogen-bond acceptors (Lipinski definition) is 2. The summed E-state index contributed by atoms with van der Waals surface area (Å²) >= 11 is 1.87. The van der Waals surface area contributed by atoms with Crippen molar-refractivity contribution in [1.82, 2.24) is 4.57 Å². The molecule has 0 fully saturated rings. The van der Waals surface area contributed by atoms with E-state index in [9.17, 15) is 0 Å². The molecular formula is C58H38N2S. The number of rotatable bonds is 7. The highest BCUT2D eigenvalue weighted by atomic mass is 32.1. The van der Waals surface area contributed by atoms with Crippen molar-refractivity contribution in [3.63, 3.8) is 0 Å². The molecule has 0 saturated carbocycles. The predicted octanol–water partition coefficient (Wildman–Crippen LogP) is 16.8. The summed E-state index contributed by atoms with van der Waals surface area (Å²) in [6.07, 6.45) is 0. The van der Waals surface area contributed by atoms with Gasteiger partial charge in [0.25, 0.3) is 0 Å². The first kappa shape index (κ1) is 35.2. The van der Waals surface area contributed by atoms with Crippen molar-refractivity contribution in [2.75, 3.05) is 4.90 Å². The van der Waals surface area contributed by atoms with Crippen molar-refractivity contribution in [2.45, 2.75) is 0 Å². The Morgan fingerprint density at radius 2 is 1.00 bits per heavy atom. The molecule has 2 aromatic heterocycles. The Bertz CT molecular complexity index is 3560. The highest BCUT2D eigenvalue weighted by molar-refractivity contribution is 7.26. The van der Waals surface area contributed by atoms with Gasteiger partial charge in [-0.15, -0.1) is 11.3 Å². The molecule has 0 aliphatic carbocycles. The number of para-hydroxylation sites is 1. The number of hydrogen-bond donors (Lipinski definition) is 0. The second-order valence-corrected chi connectivity index (χ2v) is 16.7. The van der Waals surface area contributed by atoms with E-state index in [-0.39, 0.29) is 0 Å². The molecule has 0 aliphatic heterocycles. The van der Waals surface area contributed by atoms with Gasteiger partial charge in [-0.2, -0.15) is 0 Å². The van der Waals surface area contributed by atoms with E-state index in [1.54, 1.807) is 0 Å². The molecule has 0 radical (unpaired) electrons. The van der Waals surface area contributed by atoms with Crippen LogP contribution in [0.25, 0.3) is 91.8 Å². The van der Waals surface area contributed by atoms with Crippen LogP contribution in [0.1, 0.15) is 0 Å². The van der Waals surface area contributed by atoms with E-state index in [1.165, 1.54) is 86.3 Å². The topological polar surface area (TPSA) is 8.17 Å². The van der Waals surface area contributed by atoms with Crippen LogP contribution in [-0.4, -0.2) is 4.57 Å². The Morgan fingerprint density at radius 3 is 1.80 bits per heavy atom. The van der Waals surface area contributed by atoms with Gasteiger partial charge in [-0.3, -0.25) is 0 Å². The molecule has 10 aromatic carbocycles. The molecular weight excluding hydrogens is 757 g/mol. The van der Waals surface area contributed by atoms with E-state index >= 15 is 0 Å². The van der Waals surface area contributed by atoms with Gasteiger partial charge in [0.15, 0.2) is 0 Å². The highest BCUT2D eigenvalue weighted by Crippen LogP contribution is 2.47. The van der Waals surface area contributed by atoms with Crippen LogP contribution in [-0.2, 0) is 0 Å². The Morgan fingerprint density at radius 1 is 0.361 bits per heavy atom. The summed E-state index contributed by atoms with van der Waals surface area (Å²) in [5, 5.41) is 7.50. The average molecular weight is 795 g/mol. The normalized spacial score (nSPS) is 11.6. The Labute approximate surface area is 358 Å². The fourth-order valence-electron chi connectivity index (χ4n) is 9.36. The van der Waals surface area contributed by atoms with Gasteiger partial charge in [0.2, 0.25) is 0 Å². The van der Waals surface area contributed by atoms with Crippen LogP contribution in [0.2, 0.25) is 0 Å². The molecule has 2 nitrogen and oxygen atoms in total. The lowest BCUT2D eigenvalue weighted by Crippen LogP contribution is -2.10. The molecule has 286 valence electrons. The van der Waals surface area contributed by atoms with Crippen molar-refractivity contribution in [3.05, 3.63) is 231 Å². The minimum absolute atomic E-state index is 1.11. The van der Waals surface area contributed by atoms with Crippen molar-refractivity contribution >= 4 is 81.1 Å². The summed E-state index contributed by atoms with van der Waals surface area (Å²) in [6.45, 7) is 0. The first-order valence-electron chi connectivity index (χ1n) is 20.8. The molecule has 0 bridgehead atoms. The van der Waals surface area contributed by atoms with Gasteiger partial charge in [-0.1, -0.05) is 164 Å². The maximum absolute atomic E-state index is 2.48. The molecule has 0 aliphatic rings. The van der Waals surface area contributed by atoms with Gasteiger partial charge in [-0.05, 0) is 105 Å². The first-order valence-corrected chi connectivity index (χ1v) is 21.7. The second-order valence-electron chi connectivity index (χ2n) is 15.7. The minimum Gasteiger partial charge on any atom is -0.309 e. The van der Waals surface area contributed by atoms with Gasteiger partial charge in [0, 0.05) is 48.9 Å². The van der Waals surface area contributed by atoms with E-state index in [1.807, 2.05) is 11.3 Å². The molecule has 0 spiro atoms. The third kappa shape index (κ3) is 5.93. The van der Waals surface area contributed by atoms with Crippen LogP contribution in [0.3, 0.4) is 0 Å². The largest absolute Gasteiger partial charge is 0.309 e. The fourth-order valence-corrected chi connectivity index (χ4v) is 10.6. The van der Waals surface area contributed by atoms with Crippen LogP contribution in [0.15, 0.2) is 231 Å². The minimum atomic E-state index is 1.11. The smallest absolute Gasteiger partial charge is 0.0640 e. The summed E-state index contributed by atoms with van der Waals surface area (Å²) in [7, 11) is 0. The Kier molecular flexibility index (Phi) is 8.39. The average Bonchev–Trinajstić information content (AvgIpc) is 3.88. The van der Waals surface area contributed by atoms with E-state index in [0.29, 0.717) is 0 Å². The lowest BCUT2D eigenvalue weighted by molar-refractivity contribution is 1.18. The van der Waals surface area contributed by atoms with Crippen LogP contribution in [0.5, 0.6) is 0 Å². The Hall–Kier alpha value is -7.72. The molecule has 61 heavy (non-hydrogen) atoms. The third-order valence-corrected chi connectivity index (χ3v) is 13.4. The zero-order valence-electron chi connectivity index (χ0n) is 33.2. The summed E-state index contributed by atoms with van der Waals surface area (Å²) < 4.78 is 5.06. The third-order valence-electron chi connectivity index (χ3n) is 12.2. The standard InChI is InChI=1S/C58H38N2S/c1-4-16-39(17-5-1)43-36-51(41-18-6-2-7-19-41)57-53(37-43)52-38-46(59(44-22-8-3-9-23-44)55-28-15-27-50-49-25-12-13-29-56(49)61-58(50)55)34-35-54(52)60(57)45-32-30-42(31-33-45)48-26-14-21-40-20-10-11-24-47(40)48/h1-38H. The second kappa shape index (κ2) is 14.5. The number of thiophene rings is 1. The van der Waals surface area contributed by atoms with Crippen LogP contribution in [0.4, 0.5) is 17.1 Å².